The highest BCUT2D eigenvalue weighted by Crippen LogP contribution is 2.34. The van der Waals surface area contributed by atoms with Crippen LogP contribution in [0.2, 0.25) is 0 Å². The molecule has 2 aliphatic rings. The van der Waals surface area contributed by atoms with E-state index in [-0.39, 0.29) is 18.1 Å². The summed E-state index contributed by atoms with van der Waals surface area (Å²) >= 11 is 0. The molecule has 0 aliphatic carbocycles. The maximum absolute atomic E-state index is 13.1. The molecule has 0 N–H and O–H groups in total. The van der Waals surface area contributed by atoms with Gasteiger partial charge in [0.05, 0.1) is 11.5 Å². The van der Waals surface area contributed by atoms with E-state index in [4.69, 9.17) is 9.47 Å². The zero-order valence-electron chi connectivity index (χ0n) is 17.7. The molecule has 0 unspecified atom stereocenters. The Bertz CT molecular complexity index is 1440. The van der Waals surface area contributed by atoms with Crippen molar-refractivity contribution in [1.82, 2.24) is 0 Å². The largest absolute Gasteiger partial charge is 0.454 e. The zero-order valence-corrected chi connectivity index (χ0v) is 17.7. The Morgan fingerprint density at radius 1 is 1.09 bits per heavy atom. The molecule has 9 nitrogen and oxygen atoms in total. The van der Waals surface area contributed by atoms with Gasteiger partial charge in [-0.05, 0) is 35.4 Å². The van der Waals surface area contributed by atoms with Gasteiger partial charge in [-0.2, -0.15) is 10.3 Å². The van der Waals surface area contributed by atoms with Crippen molar-refractivity contribution in [3.8, 4) is 17.6 Å². The topological polar surface area (TPSA) is 118 Å². The number of aliphatic imine (C=N–C) groups is 1. The standard InChI is InChI=1S/C25H16N4O5/c26-13-18(10-16-8-9-22-23(11-16)34-15-33-22)25(30)27-24-21-7-2-1-4-17(21)14-28(24)19-5-3-6-20(12-19)29(31)32/h1-12H,14-15H2/b18-10-,27-24?. The van der Waals surface area contributed by atoms with Gasteiger partial charge in [-0.25, -0.2) is 0 Å². The predicted octanol–water partition coefficient (Wildman–Crippen LogP) is 4.22. The summed E-state index contributed by atoms with van der Waals surface area (Å²) in [5.41, 5.74) is 2.53. The molecule has 0 atom stereocenters. The number of nitriles is 1. The fourth-order valence-electron chi connectivity index (χ4n) is 3.84. The summed E-state index contributed by atoms with van der Waals surface area (Å²) < 4.78 is 10.6. The lowest BCUT2D eigenvalue weighted by atomic mass is 10.1. The molecule has 3 aromatic carbocycles. The van der Waals surface area contributed by atoms with Crippen LogP contribution in [-0.2, 0) is 11.3 Å². The molecule has 9 heteroatoms. The molecule has 0 fully saturated rings. The second kappa shape index (κ2) is 8.52. The van der Waals surface area contributed by atoms with E-state index in [9.17, 15) is 20.2 Å². The smallest absolute Gasteiger partial charge is 0.289 e. The second-order valence-corrected chi connectivity index (χ2v) is 7.54. The highest BCUT2D eigenvalue weighted by molar-refractivity contribution is 6.20. The first-order valence-corrected chi connectivity index (χ1v) is 10.3. The van der Waals surface area contributed by atoms with Gasteiger partial charge >= 0.3 is 0 Å². The number of hydrogen-bond acceptors (Lipinski definition) is 6. The van der Waals surface area contributed by atoms with Crippen molar-refractivity contribution in [2.75, 3.05) is 11.7 Å². The summed E-state index contributed by atoms with van der Waals surface area (Å²) in [5.74, 6) is 0.735. The lowest BCUT2D eigenvalue weighted by Gasteiger charge is -2.18. The van der Waals surface area contributed by atoms with E-state index in [1.54, 1.807) is 35.2 Å². The molecule has 0 bridgehead atoms. The number of nitrogens with zero attached hydrogens (tertiary/aromatic N) is 4. The number of carbonyl (C=O) groups excluding carboxylic acids is 1. The molecule has 0 spiro atoms. The number of non-ortho nitro benzene ring substituents is 1. The molecule has 34 heavy (non-hydrogen) atoms. The maximum atomic E-state index is 13.1. The number of amidine groups is 1. The summed E-state index contributed by atoms with van der Waals surface area (Å²) in [4.78, 5) is 29.8. The van der Waals surface area contributed by atoms with Crippen LogP contribution in [0.5, 0.6) is 11.5 Å². The molecule has 0 saturated heterocycles. The highest BCUT2D eigenvalue weighted by atomic mass is 16.7. The van der Waals surface area contributed by atoms with E-state index in [1.807, 2.05) is 30.3 Å². The van der Waals surface area contributed by atoms with Crippen LogP contribution in [0, 0.1) is 21.4 Å². The Balaban J connectivity index is 1.53. The minimum absolute atomic E-state index is 0.0699. The minimum Gasteiger partial charge on any atom is -0.454 e. The van der Waals surface area contributed by atoms with Crippen LogP contribution in [0.25, 0.3) is 6.08 Å². The maximum Gasteiger partial charge on any atom is 0.289 e. The van der Waals surface area contributed by atoms with Crippen LogP contribution in [0.3, 0.4) is 0 Å². The van der Waals surface area contributed by atoms with Crippen molar-refractivity contribution in [1.29, 1.82) is 5.26 Å². The van der Waals surface area contributed by atoms with Gasteiger partial charge in [0, 0.05) is 23.4 Å². The van der Waals surface area contributed by atoms with Gasteiger partial charge in [0.15, 0.2) is 11.5 Å². The number of fused-ring (bicyclic) bond motifs is 2. The number of ether oxygens (including phenoxy) is 2. The number of nitro groups is 1. The fraction of sp³-hybridized carbons (Fsp3) is 0.0800. The SMILES string of the molecule is N#C/C(=C/c1ccc2c(c1)OCO2)C(=O)N=C1c2ccccc2CN1c1cccc([N+](=O)[O-])c1. The van der Waals surface area contributed by atoms with Crippen LogP contribution >= 0.6 is 0 Å². The molecule has 166 valence electrons. The minimum atomic E-state index is -0.720. The van der Waals surface area contributed by atoms with Crippen molar-refractivity contribution in [2.45, 2.75) is 6.54 Å². The van der Waals surface area contributed by atoms with E-state index in [1.165, 1.54) is 18.2 Å². The summed E-state index contributed by atoms with van der Waals surface area (Å²) in [6.07, 6.45) is 1.44. The quantitative estimate of drug-likeness (QED) is 0.252. The van der Waals surface area contributed by atoms with Gasteiger partial charge in [0.1, 0.15) is 17.5 Å². The first kappa shape index (κ1) is 20.9. The summed E-state index contributed by atoms with van der Waals surface area (Å²) in [6.45, 7) is 0.504. The van der Waals surface area contributed by atoms with E-state index in [0.29, 0.717) is 35.1 Å². The first-order valence-electron chi connectivity index (χ1n) is 10.3. The van der Waals surface area contributed by atoms with E-state index >= 15 is 0 Å². The van der Waals surface area contributed by atoms with Crippen molar-refractivity contribution in [2.24, 2.45) is 4.99 Å². The van der Waals surface area contributed by atoms with Crippen molar-refractivity contribution >= 4 is 29.2 Å². The molecule has 0 radical (unpaired) electrons. The van der Waals surface area contributed by atoms with Crippen molar-refractivity contribution in [3.05, 3.63) is 99.1 Å². The van der Waals surface area contributed by atoms with Crippen molar-refractivity contribution < 1.29 is 19.2 Å². The third kappa shape index (κ3) is 3.84. The fourth-order valence-corrected chi connectivity index (χ4v) is 3.84. The number of nitro benzene ring substituents is 1. The summed E-state index contributed by atoms with van der Waals surface area (Å²) in [5, 5.41) is 20.9. The molecular formula is C25H16N4O5. The molecule has 2 aliphatic heterocycles. The Morgan fingerprint density at radius 3 is 2.74 bits per heavy atom. The van der Waals surface area contributed by atoms with Crippen LogP contribution in [0.1, 0.15) is 16.7 Å². The van der Waals surface area contributed by atoms with Gasteiger partial charge in [-0.1, -0.05) is 36.4 Å². The molecule has 0 saturated carbocycles. The number of hydrogen-bond donors (Lipinski definition) is 0. The molecular weight excluding hydrogens is 436 g/mol. The first-order chi connectivity index (χ1) is 16.5. The Morgan fingerprint density at radius 2 is 1.91 bits per heavy atom. The zero-order chi connectivity index (χ0) is 23.7. The molecule has 1 amide bonds. The number of carbonyl (C=O) groups is 1. The number of anilines is 1. The van der Waals surface area contributed by atoms with Crippen LogP contribution in [0.4, 0.5) is 11.4 Å². The van der Waals surface area contributed by atoms with Gasteiger partial charge in [0.2, 0.25) is 6.79 Å². The van der Waals surface area contributed by atoms with Gasteiger partial charge in [-0.3, -0.25) is 14.9 Å². The lowest BCUT2D eigenvalue weighted by molar-refractivity contribution is -0.384. The lowest BCUT2D eigenvalue weighted by Crippen LogP contribution is -2.25. The predicted molar refractivity (Wildman–Crippen MR) is 123 cm³/mol. The molecule has 0 aromatic heterocycles. The van der Waals surface area contributed by atoms with Gasteiger partial charge in [0.25, 0.3) is 11.6 Å². The van der Waals surface area contributed by atoms with Crippen LogP contribution < -0.4 is 14.4 Å². The summed E-state index contributed by atoms with van der Waals surface area (Å²) in [7, 11) is 0. The third-order valence-electron chi connectivity index (χ3n) is 5.46. The van der Waals surface area contributed by atoms with E-state index < -0.39 is 10.8 Å². The Labute approximate surface area is 193 Å². The van der Waals surface area contributed by atoms with Crippen LogP contribution in [-0.4, -0.2) is 23.5 Å². The number of benzene rings is 3. The molecule has 3 aromatic rings. The average molecular weight is 452 g/mol. The van der Waals surface area contributed by atoms with Gasteiger partial charge in [-0.15, -0.1) is 0 Å². The van der Waals surface area contributed by atoms with Crippen LogP contribution in [0.15, 0.2) is 77.3 Å². The van der Waals surface area contributed by atoms with E-state index in [0.717, 1.165) is 11.1 Å². The molecule has 5 rings (SSSR count). The van der Waals surface area contributed by atoms with Gasteiger partial charge < -0.3 is 14.4 Å². The third-order valence-corrected chi connectivity index (χ3v) is 5.46. The number of amides is 1. The highest BCUT2D eigenvalue weighted by Gasteiger charge is 2.28. The average Bonchev–Trinajstić information content (AvgIpc) is 3.47. The summed E-state index contributed by atoms with van der Waals surface area (Å²) in [6, 6.07) is 20.6. The normalized spacial score (nSPS) is 15.2. The number of rotatable bonds is 4. The second-order valence-electron chi connectivity index (χ2n) is 7.54. The van der Waals surface area contributed by atoms with Crippen molar-refractivity contribution in [3.63, 3.8) is 0 Å². The Hall–Kier alpha value is -4.97. The Kier molecular flexibility index (Phi) is 5.24. The molecule has 2 heterocycles. The monoisotopic (exact) mass is 452 g/mol. The van der Waals surface area contributed by atoms with E-state index in [2.05, 4.69) is 4.99 Å².